The van der Waals surface area contributed by atoms with Crippen molar-refractivity contribution in [3.8, 4) is 0 Å². The molecule has 0 unspecified atom stereocenters. The zero-order valence-electron chi connectivity index (χ0n) is 13.9. The van der Waals surface area contributed by atoms with Crippen LogP contribution in [-0.2, 0) is 0 Å². The summed E-state index contributed by atoms with van der Waals surface area (Å²) in [5, 5.41) is 6.80. The van der Waals surface area contributed by atoms with Crippen molar-refractivity contribution in [2.75, 3.05) is 0 Å². The van der Waals surface area contributed by atoms with Crippen molar-refractivity contribution in [3.63, 3.8) is 0 Å². The van der Waals surface area contributed by atoms with Crippen LogP contribution < -0.4 is 5.43 Å². The molecule has 0 aliphatic heterocycles. The number of hydrogen-bond donors (Lipinski definition) is 1. The van der Waals surface area contributed by atoms with E-state index in [-0.39, 0.29) is 5.91 Å². The van der Waals surface area contributed by atoms with E-state index >= 15 is 0 Å². The van der Waals surface area contributed by atoms with Gasteiger partial charge in [0.2, 0.25) is 0 Å². The van der Waals surface area contributed by atoms with Crippen LogP contribution in [0.15, 0.2) is 47.6 Å². The van der Waals surface area contributed by atoms with E-state index in [0.717, 1.165) is 34.2 Å². The van der Waals surface area contributed by atoms with E-state index in [2.05, 4.69) is 17.5 Å². The van der Waals surface area contributed by atoms with Crippen LogP contribution in [0.5, 0.6) is 0 Å². The highest BCUT2D eigenvalue weighted by molar-refractivity contribution is 7.21. The molecule has 134 valence electrons. The molecule has 2 aromatic carbocycles. The second kappa shape index (κ2) is 8.40. The maximum absolute atomic E-state index is 12.6. The summed E-state index contributed by atoms with van der Waals surface area (Å²) in [6, 6.07) is 12.7. The van der Waals surface area contributed by atoms with Crippen LogP contribution in [0.2, 0.25) is 15.1 Å². The molecule has 3 nitrogen and oxygen atoms in total. The molecule has 1 heterocycles. The Morgan fingerprint density at radius 2 is 1.77 bits per heavy atom. The van der Waals surface area contributed by atoms with Crippen molar-refractivity contribution < 1.29 is 4.79 Å². The quantitative estimate of drug-likeness (QED) is 0.354. The third-order valence-electron chi connectivity index (χ3n) is 3.75. The summed E-state index contributed by atoms with van der Waals surface area (Å²) in [4.78, 5) is 13.0. The molecule has 0 spiro atoms. The molecule has 0 fully saturated rings. The molecule has 26 heavy (non-hydrogen) atoms. The Morgan fingerprint density at radius 1 is 1.08 bits per heavy atom. The summed E-state index contributed by atoms with van der Waals surface area (Å²) in [5.74, 6) is -0.338. The summed E-state index contributed by atoms with van der Waals surface area (Å²) in [6.07, 6.45) is 1.64. The molecule has 1 aromatic heterocycles. The van der Waals surface area contributed by atoms with Gasteiger partial charge in [-0.3, -0.25) is 4.79 Å². The Hall–Kier alpha value is -1.59. The highest BCUT2D eigenvalue weighted by atomic mass is 35.5. The number of carbonyl (C=O) groups is 1. The van der Waals surface area contributed by atoms with Gasteiger partial charge in [-0.1, -0.05) is 66.3 Å². The number of nitrogens with zero attached hydrogens (tertiary/aromatic N) is 1. The van der Waals surface area contributed by atoms with Gasteiger partial charge in [0.15, 0.2) is 0 Å². The van der Waals surface area contributed by atoms with E-state index in [1.54, 1.807) is 24.3 Å². The molecule has 0 radical (unpaired) electrons. The van der Waals surface area contributed by atoms with E-state index in [4.69, 9.17) is 34.8 Å². The first kappa shape index (κ1) is 19.2. The van der Waals surface area contributed by atoms with Crippen LogP contribution in [0.4, 0.5) is 0 Å². The third-order valence-corrected chi connectivity index (χ3v) is 5.90. The minimum Gasteiger partial charge on any atom is -0.266 e. The minimum absolute atomic E-state index is 0.338. The maximum Gasteiger partial charge on any atom is 0.283 e. The lowest BCUT2D eigenvalue weighted by Crippen LogP contribution is -2.19. The molecule has 0 saturated heterocycles. The molecule has 0 bridgehead atoms. The largest absolute Gasteiger partial charge is 0.283 e. The monoisotopic (exact) mass is 424 g/mol. The van der Waals surface area contributed by atoms with Crippen LogP contribution in [0, 0.1) is 0 Å². The lowest BCUT2D eigenvalue weighted by Gasteiger charge is -2.06. The van der Waals surface area contributed by atoms with E-state index in [1.165, 1.54) is 11.3 Å². The first-order chi connectivity index (χ1) is 12.5. The van der Waals surface area contributed by atoms with Crippen molar-refractivity contribution in [1.29, 1.82) is 0 Å². The SMILES string of the molecule is CCC/C(=N\NC(=O)c1sc2cc(Cl)ccc2c1Cl)c1ccc(Cl)cc1. The summed E-state index contributed by atoms with van der Waals surface area (Å²) >= 11 is 19.6. The van der Waals surface area contributed by atoms with Gasteiger partial charge < -0.3 is 0 Å². The lowest BCUT2D eigenvalue weighted by molar-refractivity contribution is 0.0959. The molecule has 0 aliphatic carbocycles. The standard InChI is InChI=1S/C19H15Cl3N2OS/c1-2-3-15(11-4-6-12(20)7-5-11)23-24-19(25)18-17(22)14-9-8-13(21)10-16(14)26-18/h4-10H,2-3H2,1H3,(H,24,25)/b23-15+. The van der Waals surface area contributed by atoms with Gasteiger partial charge in [-0.2, -0.15) is 5.10 Å². The average molecular weight is 426 g/mol. The molecular weight excluding hydrogens is 411 g/mol. The van der Waals surface area contributed by atoms with E-state index in [0.29, 0.717) is 19.9 Å². The molecule has 1 N–H and O–H groups in total. The summed E-state index contributed by atoms with van der Waals surface area (Å²) in [7, 11) is 0. The fourth-order valence-corrected chi connectivity index (χ4v) is 4.31. The molecule has 7 heteroatoms. The normalized spacial score (nSPS) is 11.8. The van der Waals surface area contributed by atoms with Gasteiger partial charge in [0, 0.05) is 20.1 Å². The zero-order valence-corrected chi connectivity index (χ0v) is 16.9. The molecule has 0 aliphatic rings. The number of amides is 1. The number of thiophene rings is 1. The Kier molecular flexibility index (Phi) is 6.20. The van der Waals surface area contributed by atoms with Crippen molar-refractivity contribution >= 4 is 67.8 Å². The lowest BCUT2D eigenvalue weighted by atomic mass is 10.1. The Labute approximate surface area is 170 Å². The van der Waals surface area contributed by atoms with Gasteiger partial charge in [-0.25, -0.2) is 5.43 Å². The number of nitrogens with one attached hydrogen (secondary N) is 1. The first-order valence-electron chi connectivity index (χ1n) is 8.00. The van der Waals surface area contributed by atoms with Crippen LogP contribution in [-0.4, -0.2) is 11.6 Å². The van der Waals surface area contributed by atoms with Crippen molar-refractivity contribution in [1.82, 2.24) is 5.43 Å². The van der Waals surface area contributed by atoms with Crippen LogP contribution >= 0.6 is 46.1 Å². The third kappa shape index (κ3) is 4.21. The van der Waals surface area contributed by atoms with Crippen molar-refractivity contribution in [2.45, 2.75) is 19.8 Å². The zero-order chi connectivity index (χ0) is 18.7. The van der Waals surface area contributed by atoms with Gasteiger partial charge in [-0.05, 0) is 36.2 Å². The van der Waals surface area contributed by atoms with Gasteiger partial charge >= 0.3 is 0 Å². The molecule has 0 atom stereocenters. The highest BCUT2D eigenvalue weighted by Gasteiger charge is 2.17. The highest BCUT2D eigenvalue weighted by Crippen LogP contribution is 2.36. The number of fused-ring (bicyclic) bond motifs is 1. The number of hydrogen-bond acceptors (Lipinski definition) is 3. The molecule has 3 rings (SSSR count). The molecular formula is C19H15Cl3N2OS. The molecule has 0 saturated carbocycles. The minimum atomic E-state index is -0.338. The van der Waals surface area contributed by atoms with E-state index in [9.17, 15) is 4.79 Å². The van der Waals surface area contributed by atoms with Gasteiger partial charge in [0.05, 0.1) is 10.7 Å². The summed E-state index contributed by atoms with van der Waals surface area (Å²) in [5.41, 5.74) is 4.33. The van der Waals surface area contributed by atoms with Crippen molar-refractivity contribution in [2.24, 2.45) is 5.10 Å². The first-order valence-corrected chi connectivity index (χ1v) is 9.95. The number of rotatable bonds is 5. The predicted molar refractivity (Wildman–Crippen MR) is 112 cm³/mol. The average Bonchev–Trinajstić information content (AvgIpc) is 2.95. The number of halogens is 3. The van der Waals surface area contributed by atoms with Crippen molar-refractivity contribution in [3.05, 3.63) is 68.0 Å². The fourth-order valence-electron chi connectivity index (χ4n) is 2.50. The maximum atomic E-state index is 12.6. The number of hydrazone groups is 1. The Bertz CT molecular complexity index is 980. The van der Waals surface area contributed by atoms with E-state index < -0.39 is 0 Å². The fraction of sp³-hybridized carbons (Fsp3) is 0.158. The van der Waals surface area contributed by atoms with Gasteiger partial charge in [0.1, 0.15) is 4.88 Å². The smallest absolute Gasteiger partial charge is 0.266 e. The van der Waals surface area contributed by atoms with Crippen LogP contribution in [0.1, 0.15) is 35.0 Å². The number of benzene rings is 2. The Morgan fingerprint density at radius 3 is 2.46 bits per heavy atom. The van der Waals surface area contributed by atoms with Gasteiger partial charge in [-0.15, -0.1) is 11.3 Å². The second-order valence-corrected chi connectivity index (χ2v) is 7.95. The summed E-state index contributed by atoms with van der Waals surface area (Å²) < 4.78 is 0.864. The summed E-state index contributed by atoms with van der Waals surface area (Å²) in [6.45, 7) is 2.06. The molecule has 3 aromatic rings. The molecule has 1 amide bonds. The Balaban J connectivity index is 1.87. The van der Waals surface area contributed by atoms with Crippen LogP contribution in [0.25, 0.3) is 10.1 Å². The van der Waals surface area contributed by atoms with E-state index in [1.807, 2.05) is 18.2 Å². The predicted octanol–water partition coefficient (Wildman–Crippen LogP) is 6.80. The number of carbonyl (C=O) groups excluding carboxylic acids is 1. The topological polar surface area (TPSA) is 41.5 Å². The van der Waals surface area contributed by atoms with Crippen LogP contribution in [0.3, 0.4) is 0 Å². The van der Waals surface area contributed by atoms with Gasteiger partial charge in [0.25, 0.3) is 5.91 Å². The second-order valence-electron chi connectivity index (χ2n) is 5.64.